The van der Waals surface area contributed by atoms with Crippen LogP contribution in [0.25, 0.3) is 0 Å². The number of nitrogens with zero attached hydrogens (tertiary/aromatic N) is 2. The Morgan fingerprint density at radius 3 is 1.32 bits per heavy atom. The first-order chi connectivity index (χ1) is 11.2. The lowest BCUT2D eigenvalue weighted by atomic mass is 9.72. The molecule has 0 amide bonds. The average molecular weight is 398 g/mol. The molecule has 4 rings (SSSR count). The van der Waals surface area contributed by atoms with Crippen molar-refractivity contribution in [1.29, 1.82) is 0 Å². The maximum atomic E-state index is 14.5. The molecule has 2 atom stereocenters. The SMILES string of the molecule is CC1=NC2(C)C(=C3C(=C4SC(C)=NC42C)C(F)(F)C(F)(F)C3(F)F)S1. The van der Waals surface area contributed by atoms with Gasteiger partial charge in [0.2, 0.25) is 0 Å². The molecule has 1 fully saturated rings. The molecule has 0 aromatic heterocycles. The molecule has 2 aliphatic carbocycles. The standard InChI is InChI=1S/C15H12F6N2S2/c1-5-22-11(3)9(24-5)7-8(10-12(11,4)23-6(2)25-10)14(18,19)15(20,21)13(7,16)17/h1-4H3. The molecule has 136 valence electrons. The highest BCUT2D eigenvalue weighted by Crippen LogP contribution is 2.72. The second kappa shape index (κ2) is 4.32. The Morgan fingerprint density at radius 1 is 0.680 bits per heavy atom. The van der Waals surface area contributed by atoms with Gasteiger partial charge in [-0.15, -0.1) is 0 Å². The van der Waals surface area contributed by atoms with Crippen LogP contribution in [0.3, 0.4) is 0 Å². The fourth-order valence-corrected chi connectivity index (χ4v) is 6.46. The number of aliphatic imine (C=N–C) groups is 2. The summed E-state index contributed by atoms with van der Waals surface area (Å²) in [6.45, 7) is 6.05. The number of hydrogen-bond acceptors (Lipinski definition) is 4. The second-order valence-corrected chi connectivity index (χ2v) is 9.15. The zero-order chi connectivity index (χ0) is 18.8. The summed E-state index contributed by atoms with van der Waals surface area (Å²) in [6.07, 6.45) is 0. The van der Waals surface area contributed by atoms with Gasteiger partial charge in [0, 0.05) is 9.81 Å². The molecule has 0 spiro atoms. The van der Waals surface area contributed by atoms with Crippen LogP contribution >= 0.6 is 23.5 Å². The lowest BCUT2D eigenvalue weighted by Gasteiger charge is -2.43. The number of hydrogen-bond donors (Lipinski definition) is 0. The van der Waals surface area contributed by atoms with Crippen LogP contribution < -0.4 is 0 Å². The molecule has 2 unspecified atom stereocenters. The molecule has 4 aliphatic rings. The van der Waals surface area contributed by atoms with Crippen LogP contribution in [-0.2, 0) is 0 Å². The van der Waals surface area contributed by atoms with E-state index < -0.39 is 40.0 Å². The van der Waals surface area contributed by atoms with Crippen molar-refractivity contribution < 1.29 is 26.3 Å². The van der Waals surface area contributed by atoms with Gasteiger partial charge in [-0.05, 0) is 27.7 Å². The summed E-state index contributed by atoms with van der Waals surface area (Å²) in [7, 11) is 0. The van der Waals surface area contributed by atoms with Crippen molar-refractivity contribution in [3.63, 3.8) is 0 Å². The minimum atomic E-state index is -5.51. The first-order valence-electron chi connectivity index (χ1n) is 7.34. The van der Waals surface area contributed by atoms with Crippen molar-refractivity contribution in [2.24, 2.45) is 9.98 Å². The van der Waals surface area contributed by atoms with Crippen LogP contribution in [0.1, 0.15) is 27.7 Å². The van der Waals surface area contributed by atoms with E-state index in [2.05, 4.69) is 9.98 Å². The zero-order valence-corrected chi connectivity index (χ0v) is 15.1. The predicted octanol–water partition coefficient (Wildman–Crippen LogP) is 5.28. The molecular formula is C15H12F6N2S2. The van der Waals surface area contributed by atoms with E-state index in [1.807, 2.05) is 0 Å². The van der Waals surface area contributed by atoms with E-state index in [0.29, 0.717) is 10.1 Å². The summed E-state index contributed by atoms with van der Waals surface area (Å²) in [6, 6.07) is 0. The molecule has 2 aliphatic heterocycles. The van der Waals surface area contributed by atoms with Crippen LogP contribution in [-0.4, -0.2) is 38.9 Å². The topological polar surface area (TPSA) is 24.7 Å². The Morgan fingerprint density at radius 2 is 1.00 bits per heavy atom. The quantitative estimate of drug-likeness (QED) is 0.519. The summed E-state index contributed by atoms with van der Waals surface area (Å²) in [5, 5.41) is 0.705. The van der Waals surface area contributed by atoms with Crippen molar-refractivity contribution in [3.8, 4) is 0 Å². The van der Waals surface area contributed by atoms with Gasteiger partial charge < -0.3 is 0 Å². The number of rotatable bonds is 0. The molecule has 0 N–H and O–H groups in total. The van der Waals surface area contributed by atoms with Crippen LogP contribution in [0.4, 0.5) is 26.3 Å². The van der Waals surface area contributed by atoms with E-state index in [4.69, 9.17) is 0 Å². The molecule has 25 heavy (non-hydrogen) atoms. The van der Waals surface area contributed by atoms with E-state index in [9.17, 15) is 26.3 Å². The number of thioether (sulfide) groups is 2. The lowest BCUT2D eigenvalue weighted by Crippen LogP contribution is -2.50. The fraction of sp³-hybridized carbons (Fsp3) is 0.600. The number of fused-ring (bicyclic) bond motifs is 4. The van der Waals surface area contributed by atoms with Crippen LogP contribution in [0.15, 0.2) is 30.9 Å². The summed E-state index contributed by atoms with van der Waals surface area (Å²) in [5.74, 6) is -15.5. The van der Waals surface area contributed by atoms with Crippen molar-refractivity contribution in [2.45, 2.75) is 56.5 Å². The highest BCUT2D eigenvalue weighted by molar-refractivity contribution is 8.18. The minimum absolute atomic E-state index is 0.257. The molecule has 2 nitrogen and oxygen atoms in total. The Labute approximate surface area is 147 Å². The first-order valence-corrected chi connectivity index (χ1v) is 8.98. The zero-order valence-electron chi connectivity index (χ0n) is 13.5. The van der Waals surface area contributed by atoms with Gasteiger partial charge in [0.1, 0.15) is 11.1 Å². The lowest BCUT2D eigenvalue weighted by molar-refractivity contribution is -0.258. The molecule has 1 saturated carbocycles. The summed E-state index contributed by atoms with van der Waals surface area (Å²) >= 11 is 1.49. The van der Waals surface area contributed by atoms with Crippen LogP contribution in [0.5, 0.6) is 0 Å². The van der Waals surface area contributed by atoms with Crippen molar-refractivity contribution in [2.75, 3.05) is 0 Å². The number of allylic oxidation sites excluding steroid dienone is 2. The van der Waals surface area contributed by atoms with E-state index in [0.717, 1.165) is 23.5 Å². The van der Waals surface area contributed by atoms with Crippen molar-refractivity contribution >= 4 is 33.6 Å². The Kier molecular flexibility index (Phi) is 3.03. The molecule has 0 saturated heterocycles. The number of halogens is 6. The van der Waals surface area contributed by atoms with E-state index >= 15 is 0 Å². The summed E-state index contributed by atoms with van der Waals surface area (Å²) in [5.41, 5.74) is -5.39. The molecule has 0 radical (unpaired) electrons. The second-order valence-electron chi connectivity index (χ2n) is 6.74. The van der Waals surface area contributed by atoms with Gasteiger partial charge in [0.15, 0.2) is 0 Å². The van der Waals surface area contributed by atoms with Gasteiger partial charge >= 0.3 is 17.8 Å². The highest BCUT2D eigenvalue weighted by atomic mass is 32.2. The summed E-state index contributed by atoms with van der Waals surface area (Å²) in [4.78, 5) is 8.20. The average Bonchev–Trinajstić information content (AvgIpc) is 2.95. The van der Waals surface area contributed by atoms with Crippen molar-refractivity contribution in [3.05, 3.63) is 21.0 Å². The largest absolute Gasteiger partial charge is 0.380 e. The van der Waals surface area contributed by atoms with Crippen LogP contribution in [0, 0.1) is 0 Å². The fourth-order valence-electron chi connectivity index (χ4n) is 3.86. The monoisotopic (exact) mass is 398 g/mol. The predicted molar refractivity (Wildman–Crippen MR) is 87.1 cm³/mol. The van der Waals surface area contributed by atoms with E-state index in [-0.39, 0.29) is 9.81 Å². The van der Waals surface area contributed by atoms with Gasteiger partial charge in [-0.2, -0.15) is 26.3 Å². The Hall–Kier alpha value is -0.900. The molecule has 10 heteroatoms. The van der Waals surface area contributed by atoms with Gasteiger partial charge in [-0.3, -0.25) is 9.98 Å². The molecule has 2 heterocycles. The highest BCUT2D eigenvalue weighted by Gasteiger charge is 2.84. The molecule has 0 bridgehead atoms. The third kappa shape index (κ3) is 1.60. The molecular weight excluding hydrogens is 386 g/mol. The number of alkyl halides is 6. The minimum Gasteiger partial charge on any atom is -0.268 e. The van der Waals surface area contributed by atoms with Crippen LogP contribution in [0.2, 0.25) is 0 Å². The Bertz CT molecular complexity index is 788. The first kappa shape index (κ1) is 17.5. The van der Waals surface area contributed by atoms with Gasteiger partial charge in [-0.25, -0.2) is 0 Å². The van der Waals surface area contributed by atoms with E-state index in [1.165, 1.54) is 27.7 Å². The van der Waals surface area contributed by atoms with Crippen molar-refractivity contribution in [1.82, 2.24) is 0 Å². The molecule has 0 aromatic carbocycles. The van der Waals surface area contributed by atoms with Gasteiger partial charge in [-0.1, -0.05) is 23.5 Å². The smallest absolute Gasteiger partial charge is 0.268 e. The maximum Gasteiger partial charge on any atom is 0.380 e. The van der Waals surface area contributed by atoms with Gasteiger partial charge in [0.05, 0.1) is 21.2 Å². The summed E-state index contributed by atoms with van der Waals surface area (Å²) < 4.78 is 86.3. The molecule has 0 aromatic rings. The Balaban J connectivity index is 2.18. The normalized spacial score (nSPS) is 39.9. The third-order valence-electron chi connectivity index (χ3n) is 5.21. The maximum absolute atomic E-state index is 14.5. The van der Waals surface area contributed by atoms with E-state index in [1.54, 1.807) is 0 Å². The van der Waals surface area contributed by atoms with Gasteiger partial charge in [0.25, 0.3) is 0 Å². The third-order valence-corrected chi connectivity index (χ3v) is 7.60.